The number of aryl methyl sites for hydroxylation is 1. The first-order chi connectivity index (χ1) is 16.8. The Labute approximate surface area is 234 Å². The Bertz CT molecular complexity index is 1280. The summed E-state index contributed by atoms with van der Waals surface area (Å²) in [6.45, 7) is 2.34. The van der Waals surface area contributed by atoms with Crippen LogP contribution < -0.4 is 15.4 Å². The van der Waals surface area contributed by atoms with Crippen molar-refractivity contribution in [1.82, 2.24) is 5.32 Å². The van der Waals surface area contributed by atoms with Gasteiger partial charge < -0.3 is 15.4 Å². The molecule has 0 aliphatic carbocycles. The minimum absolute atomic E-state index is 0.0376. The number of nitro groups is 1. The van der Waals surface area contributed by atoms with Crippen molar-refractivity contribution in [3.8, 4) is 5.75 Å². The first kappa shape index (κ1) is 25.8. The molecule has 1 heterocycles. The summed E-state index contributed by atoms with van der Waals surface area (Å²) in [5.41, 5.74) is 3.63. The first-order valence-electron chi connectivity index (χ1n) is 10.7. The normalized spacial score (nSPS) is 16.3. The number of hydrogen-bond donors (Lipinski definition) is 2. The molecule has 0 aromatic heterocycles. The molecule has 3 aromatic carbocycles. The van der Waals surface area contributed by atoms with E-state index < -0.39 is 4.92 Å². The van der Waals surface area contributed by atoms with Crippen molar-refractivity contribution < 1.29 is 14.5 Å². The lowest BCUT2D eigenvalue weighted by molar-refractivity contribution is -0.384. The summed E-state index contributed by atoms with van der Waals surface area (Å²) >= 11 is 5.85. The van der Waals surface area contributed by atoms with E-state index in [1.807, 2.05) is 30.3 Å². The van der Waals surface area contributed by atoms with Crippen LogP contribution in [0.1, 0.15) is 23.6 Å². The van der Waals surface area contributed by atoms with Gasteiger partial charge in [0.1, 0.15) is 12.4 Å². The van der Waals surface area contributed by atoms with Crippen LogP contribution in [0.15, 0.2) is 65.6 Å². The Balaban J connectivity index is 1.43. The minimum atomic E-state index is -0.418. The summed E-state index contributed by atoms with van der Waals surface area (Å²) in [7, 11) is 0. The van der Waals surface area contributed by atoms with Gasteiger partial charge in [-0.05, 0) is 98.6 Å². The van der Waals surface area contributed by atoms with E-state index in [9.17, 15) is 14.9 Å². The Morgan fingerprint density at radius 3 is 2.49 bits per heavy atom. The SMILES string of the molecule is CCc1ccc(N[C@@H]2NC(=O)/C(=C/c3cc(I)c(OCc4cccc([N+](=O)[O-])c4)c(I)c3)S2)cc1. The molecule has 1 fully saturated rings. The molecular formula is C25H21I2N3O4S. The summed E-state index contributed by atoms with van der Waals surface area (Å²) in [6.07, 6.45) is 2.86. The van der Waals surface area contributed by atoms with Crippen LogP contribution >= 0.6 is 56.9 Å². The van der Waals surface area contributed by atoms with Crippen molar-refractivity contribution in [2.75, 3.05) is 5.32 Å². The van der Waals surface area contributed by atoms with Crippen molar-refractivity contribution in [3.05, 3.63) is 99.5 Å². The molecule has 35 heavy (non-hydrogen) atoms. The van der Waals surface area contributed by atoms with E-state index in [2.05, 4.69) is 74.9 Å². The van der Waals surface area contributed by atoms with E-state index in [4.69, 9.17) is 4.74 Å². The van der Waals surface area contributed by atoms with Gasteiger partial charge in [0.15, 0.2) is 5.50 Å². The molecule has 0 spiro atoms. The Morgan fingerprint density at radius 2 is 1.83 bits per heavy atom. The predicted molar refractivity (Wildman–Crippen MR) is 156 cm³/mol. The van der Waals surface area contributed by atoms with Crippen LogP contribution in [-0.4, -0.2) is 16.3 Å². The highest BCUT2D eigenvalue weighted by atomic mass is 127. The number of nitrogens with zero attached hydrogens (tertiary/aromatic N) is 1. The third kappa shape index (κ3) is 6.67. The summed E-state index contributed by atoms with van der Waals surface area (Å²) in [4.78, 5) is 23.7. The Morgan fingerprint density at radius 1 is 1.11 bits per heavy atom. The zero-order chi connectivity index (χ0) is 24.9. The van der Waals surface area contributed by atoms with Gasteiger partial charge in [-0.2, -0.15) is 0 Å². The molecule has 180 valence electrons. The predicted octanol–water partition coefficient (Wildman–Crippen LogP) is 6.55. The van der Waals surface area contributed by atoms with Gasteiger partial charge in [-0.15, -0.1) is 0 Å². The molecule has 0 radical (unpaired) electrons. The molecule has 1 saturated heterocycles. The monoisotopic (exact) mass is 713 g/mol. The van der Waals surface area contributed by atoms with E-state index in [1.165, 1.54) is 29.5 Å². The third-order valence-electron chi connectivity index (χ3n) is 5.21. The topological polar surface area (TPSA) is 93.5 Å². The van der Waals surface area contributed by atoms with Crippen molar-refractivity contribution in [2.45, 2.75) is 25.4 Å². The van der Waals surface area contributed by atoms with Gasteiger partial charge in [-0.1, -0.05) is 43.0 Å². The number of benzene rings is 3. The maximum absolute atomic E-state index is 12.5. The van der Waals surface area contributed by atoms with Crippen LogP contribution in [0.3, 0.4) is 0 Å². The Kier molecular flexibility index (Phi) is 8.55. The molecule has 7 nitrogen and oxygen atoms in total. The van der Waals surface area contributed by atoms with E-state index in [-0.39, 0.29) is 23.7 Å². The number of nitro benzene ring substituents is 1. The molecular weight excluding hydrogens is 692 g/mol. The smallest absolute Gasteiger partial charge is 0.269 e. The molecule has 1 aliphatic heterocycles. The number of ether oxygens (including phenoxy) is 1. The second kappa shape index (κ2) is 11.6. The number of carbonyl (C=O) groups is 1. The zero-order valence-electron chi connectivity index (χ0n) is 18.6. The molecule has 1 aliphatic rings. The van der Waals surface area contributed by atoms with Crippen LogP contribution in [0.4, 0.5) is 11.4 Å². The largest absolute Gasteiger partial charge is 0.487 e. The number of nitrogens with one attached hydrogen (secondary N) is 2. The molecule has 4 rings (SSSR count). The zero-order valence-corrected chi connectivity index (χ0v) is 23.7. The van der Waals surface area contributed by atoms with Crippen molar-refractivity contribution in [2.24, 2.45) is 0 Å². The first-order valence-corrected chi connectivity index (χ1v) is 13.8. The second-order valence-electron chi connectivity index (χ2n) is 7.70. The maximum atomic E-state index is 12.5. The number of carbonyl (C=O) groups excluding carboxylic acids is 1. The summed E-state index contributed by atoms with van der Waals surface area (Å²) in [6, 6.07) is 18.5. The minimum Gasteiger partial charge on any atom is -0.487 e. The lowest BCUT2D eigenvalue weighted by Gasteiger charge is -2.13. The quantitative estimate of drug-likeness (QED) is 0.119. The lowest BCUT2D eigenvalue weighted by Crippen LogP contribution is -2.30. The number of thioether (sulfide) groups is 1. The molecule has 2 N–H and O–H groups in total. The molecule has 1 atom stereocenters. The van der Waals surface area contributed by atoms with Crippen molar-refractivity contribution >= 4 is 80.3 Å². The highest BCUT2D eigenvalue weighted by Crippen LogP contribution is 2.34. The average Bonchev–Trinajstić information content (AvgIpc) is 3.17. The van der Waals surface area contributed by atoms with Gasteiger partial charge >= 0.3 is 0 Å². The molecule has 0 unspecified atom stereocenters. The Hall–Kier alpha value is -2.32. The van der Waals surface area contributed by atoms with Crippen LogP contribution in [0.25, 0.3) is 6.08 Å². The fourth-order valence-electron chi connectivity index (χ4n) is 3.42. The highest BCUT2D eigenvalue weighted by molar-refractivity contribution is 14.1. The molecule has 0 bridgehead atoms. The van der Waals surface area contributed by atoms with Crippen LogP contribution in [0, 0.1) is 17.3 Å². The number of amides is 1. The van der Waals surface area contributed by atoms with Gasteiger partial charge in [-0.3, -0.25) is 14.9 Å². The van der Waals surface area contributed by atoms with Gasteiger partial charge in [0.25, 0.3) is 11.6 Å². The van der Waals surface area contributed by atoms with Gasteiger partial charge in [0.05, 0.1) is 17.0 Å². The summed E-state index contributed by atoms with van der Waals surface area (Å²) in [5.74, 6) is 0.590. The molecule has 1 amide bonds. The number of rotatable bonds is 8. The standard InChI is InChI=1S/C25H21I2N3O4S/c1-2-15-6-8-18(9-7-15)28-25-29-24(31)22(35-25)13-17-11-20(26)23(21(27)12-17)34-14-16-4-3-5-19(10-16)30(32)33/h3-13,25,28H,2,14H2,1H3,(H,29,31)/b22-13-/t25-/m1/s1. The molecule has 3 aromatic rings. The van der Waals surface area contributed by atoms with Gasteiger partial charge in [-0.25, -0.2) is 0 Å². The van der Waals surface area contributed by atoms with Gasteiger partial charge in [0.2, 0.25) is 0 Å². The average molecular weight is 713 g/mol. The summed E-state index contributed by atoms with van der Waals surface area (Å²) in [5, 5.41) is 17.3. The van der Waals surface area contributed by atoms with Crippen molar-refractivity contribution in [1.29, 1.82) is 0 Å². The third-order valence-corrected chi connectivity index (χ3v) is 7.84. The molecule has 0 saturated carbocycles. The van der Waals surface area contributed by atoms with Crippen LogP contribution in [0.2, 0.25) is 0 Å². The van der Waals surface area contributed by atoms with E-state index >= 15 is 0 Å². The van der Waals surface area contributed by atoms with Crippen LogP contribution in [-0.2, 0) is 17.8 Å². The van der Waals surface area contributed by atoms with E-state index in [0.717, 1.165) is 30.4 Å². The summed E-state index contributed by atoms with van der Waals surface area (Å²) < 4.78 is 7.76. The lowest BCUT2D eigenvalue weighted by atomic mass is 10.1. The van der Waals surface area contributed by atoms with Gasteiger partial charge in [0, 0.05) is 17.8 Å². The number of anilines is 1. The van der Waals surface area contributed by atoms with Crippen LogP contribution in [0.5, 0.6) is 5.75 Å². The fraction of sp³-hybridized carbons (Fsp3) is 0.160. The van der Waals surface area contributed by atoms with Crippen molar-refractivity contribution in [3.63, 3.8) is 0 Å². The fourth-order valence-corrected chi connectivity index (χ4v) is 6.53. The maximum Gasteiger partial charge on any atom is 0.269 e. The van der Waals surface area contributed by atoms with E-state index in [0.29, 0.717) is 10.7 Å². The number of halogens is 2. The van der Waals surface area contributed by atoms with E-state index in [1.54, 1.807) is 12.1 Å². The number of hydrogen-bond acceptors (Lipinski definition) is 6. The number of non-ortho nitro benzene ring substituents is 1. The highest BCUT2D eigenvalue weighted by Gasteiger charge is 2.27. The second-order valence-corrected chi connectivity index (χ2v) is 11.2. The molecule has 10 heteroatoms.